The molecule has 2 heterocycles. The predicted octanol–water partition coefficient (Wildman–Crippen LogP) is 5.31. The molecule has 0 spiro atoms. The normalized spacial score (nSPS) is 17.1. The molecule has 1 aliphatic carbocycles. The second-order valence-electron chi connectivity index (χ2n) is 8.08. The van der Waals surface area contributed by atoms with Crippen LogP contribution in [0.15, 0.2) is 54.2 Å². The van der Waals surface area contributed by atoms with Crippen LogP contribution in [0.25, 0.3) is 0 Å². The molecular weight excluding hydrogens is 447 g/mol. The van der Waals surface area contributed by atoms with Gasteiger partial charge < -0.3 is 10.6 Å². The highest BCUT2D eigenvalue weighted by molar-refractivity contribution is 6.30. The lowest BCUT2D eigenvalue weighted by molar-refractivity contribution is -0.113. The van der Waals surface area contributed by atoms with Crippen LogP contribution < -0.4 is 10.6 Å². The van der Waals surface area contributed by atoms with E-state index in [0.717, 1.165) is 25.1 Å². The average Bonchev–Trinajstić information content (AvgIpc) is 2.81. The third-order valence-electron chi connectivity index (χ3n) is 6.01. The number of rotatable bonds is 5. The van der Waals surface area contributed by atoms with Gasteiger partial charge in [0.2, 0.25) is 0 Å². The Morgan fingerprint density at radius 2 is 1.78 bits per heavy atom. The number of halogens is 2. The quantitative estimate of drug-likeness (QED) is 0.615. The van der Waals surface area contributed by atoms with Gasteiger partial charge in [0.05, 0.1) is 16.3 Å². The Kier molecular flexibility index (Phi) is 8.67. The zero-order valence-corrected chi connectivity index (χ0v) is 19.4. The molecule has 6 nitrogen and oxygen atoms in total. The molecule has 2 aromatic rings. The number of carbonyl (C=O) groups excluding carboxylic acids is 2. The highest BCUT2D eigenvalue weighted by atomic mass is 35.5. The summed E-state index contributed by atoms with van der Waals surface area (Å²) in [6, 6.07) is 10.9. The third-order valence-corrected chi connectivity index (χ3v) is 6.24. The van der Waals surface area contributed by atoms with Crippen molar-refractivity contribution in [3.05, 3.63) is 64.8 Å². The summed E-state index contributed by atoms with van der Waals surface area (Å²) in [5, 5.41) is 6.16. The third kappa shape index (κ3) is 6.09. The maximum absolute atomic E-state index is 12.9. The lowest BCUT2D eigenvalue weighted by Gasteiger charge is -2.36. The summed E-state index contributed by atoms with van der Waals surface area (Å²) in [4.78, 5) is 32.2. The van der Waals surface area contributed by atoms with Crippen LogP contribution in [0.5, 0.6) is 0 Å². The summed E-state index contributed by atoms with van der Waals surface area (Å²) < 4.78 is 0. The van der Waals surface area contributed by atoms with Crippen molar-refractivity contribution in [2.75, 3.05) is 23.7 Å². The van der Waals surface area contributed by atoms with Crippen molar-refractivity contribution >= 4 is 47.3 Å². The van der Waals surface area contributed by atoms with Gasteiger partial charge in [0.15, 0.2) is 0 Å². The minimum atomic E-state index is -0.341. The summed E-state index contributed by atoms with van der Waals surface area (Å²) in [6.45, 7) is 1.73. The van der Waals surface area contributed by atoms with Crippen molar-refractivity contribution in [1.82, 2.24) is 9.88 Å². The minimum absolute atomic E-state index is 0. The van der Waals surface area contributed by atoms with Gasteiger partial charge in [0, 0.05) is 30.9 Å². The van der Waals surface area contributed by atoms with Crippen LogP contribution in [0.2, 0.25) is 5.02 Å². The molecule has 2 aliphatic rings. The maximum Gasteiger partial charge on any atom is 0.258 e. The SMILES string of the molecule is Cl.O=C(Nc1ccccc1C(=O)Nc1ccc(Cl)cn1)C1=CCN(C2CCCCC2)CC1. The molecule has 1 aliphatic heterocycles. The molecular formula is C24H28Cl2N4O2. The molecule has 1 aromatic carbocycles. The van der Waals surface area contributed by atoms with Crippen molar-refractivity contribution in [2.24, 2.45) is 0 Å². The highest BCUT2D eigenvalue weighted by Gasteiger charge is 2.25. The topological polar surface area (TPSA) is 74.3 Å². The summed E-state index contributed by atoms with van der Waals surface area (Å²) in [6.07, 6.45) is 10.7. The van der Waals surface area contributed by atoms with Crippen LogP contribution in [0.3, 0.4) is 0 Å². The van der Waals surface area contributed by atoms with Gasteiger partial charge in [-0.15, -0.1) is 12.4 Å². The van der Waals surface area contributed by atoms with Gasteiger partial charge in [0.25, 0.3) is 11.8 Å². The molecule has 8 heteroatoms. The number of amides is 2. The van der Waals surface area contributed by atoms with E-state index >= 15 is 0 Å². The highest BCUT2D eigenvalue weighted by Crippen LogP contribution is 2.26. The first-order valence-electron chi connectivity index (χ1n) is 10.9. The van der Waals surface area contributed by atoms with Gasteiger partial charge >= 0.3 is 0 Å². The molecule has 0 bridgehead atoms. The number of aromatic nitrogens is 1. The zero-order chi connectivity index (χ0) is 21.6. The van der Waals surface area contributed by atoms with E-state index in [1.165, 1.54) is 38.3 Å². The molecule has 0 unspecified atom stereocenters. The molecule has 0 atom stereocenters. The molecule has 32 heavy (non-hydrogen) atoms. The number of nitrogens with one attached hydrogen (secondary N) is 2. The smallest absolute Gasteiger partial charge is 0.258 e. The summed E-state index contributed by atoms with van der Waals surface area (Å²) >= 11 is 5.84. The molecule has 0 radical (unpaired) electrons. The Bertz CT molecular complexity index is 972. The van der Waals surface area contributed by atoms with Crippen LogP contribution in [0.4, 0.5) is 11.5 Å². The van der Waals surface area contributed by atoms with Crippen molar-refractivity contribution in [1.29, 1.82) is 0 Å². The van der Waals surface area contributed by atoms with Crippen LogP contribution >= 0.6 is 24.0 Å². The molecule has 1 saturated carbocycles. The maximum atomic E-state index is 12.9. The fraction of sp³-hybridized carbons (Fsp3) is 0.375. The number of carbonyl (C=O) groups is 2. The van der Waals surface area contributed by atoms with Gasteiger partial charge in [-0.1, -0.05) is 49.1 Å². The van der Waals surface area contributed by atoms with E-state index < -0.39 is 0 Å². The number of hydrogen-bond donors (Lipinski definition) is 2. The monoisotopic (exact) mass is 474 g/mol. The van der Waals surface area contributed by atoms with Gasteiger partial charge in [0.1, 0.15) is 5.82 Å². The molecule has 2 amide bonds. The second kappa shape index (κ2) is 11.5. The Labute approximate surface area is 199 Å². The first-order chi connectivity index (χ1) is 15.1. The molecule has 1 aromatic heterocycles. The summed E-state index contributed by atoms with van der Waals surface area (Å²) in [7, 11) is 0. The minimum Gasteiger partial charge on any atom is -0.322 e. The average molecular weight is 475 g/mol. The van der Waals surface area contributed by atoms with Crippen molar-refractivity contribution in [2.45, 2.75) is 44.6 Å². The zero-order valence-electron chi connectivity index (χ0n) is 17.9. The van der Waals surface area contributed by atoms with Crippen LogP contribution in [-0.2, 0) is 4.79 Å². The Balaban J connectivity index is 0.00000289. The number of pyridine rings is 1. The summed E-state index contributed by atoms with van der Waals surface area (Å²) in [5.41, 5.74) is 1.64. The Hall–Kier alpha value is -2.41. The Morgan fingerprint density at radius 1 is 1.00 bits per heavy atom. The van der Waals surface area contributed by atoms with Crippen LogP contribution in [0.1, 0.15) is 48.9 Å². The molecule has 0 saturated heterocycles. The lowest BCUT2D eigenvalue weighted by atomic mass is 9.93. The fourth-order valence-electron chi connectivity index (χ4n) is 4.30. The van der Waals surface area contributed by atoms with E-state index in [9.17, 15) is 9.59 Å². The first-order valence-corrected chi connectivity index (χ1v) is 11.2. The van der Waals surface area contributed by atoms with E-state index in [1.807, 2.05) is 6.08 Å². The number of para-hydroxylation sites is 1. The van der Waals surface area contributed by atoms with Crippen LogP contribution in [-0.4, -0.2) is 40.8 Å². The van der Waals surface area contributed by atoms with Gasteiger partial charge in [-0.2, -0.15) is 0 Å². The molecule has 2 N–H and O–H groups in total. The van der Waals surface area contributed by atoms with Gasteiger partial charge in [-0.05, 0) is 43.5 Å². The van der Waals surface area contributed by atoms with Gasteiger partial charge in [-0.25, -0.2) is 4.98 Å². The number of anilines is 2. The molecule has 4 rings (SSSR count). The number of nitrogens with zero attached hydrogens (tertiary/aromatic N) is 2. The number of benzene rings is 1. The van der Waals surface area contributed by atoms with E-state index in [1.54, 1.807) is 36.4 Å². The van der Waals surface area contributed by atoms with E-state index in [4.69, 9.17) is 11.6 Å². The molecule has 170 valence electrons. The summed E-state index contributed by atoms with van der Waals surface area (Å²) in [5.74, 6) is -0.0895. The second-order valence-corrected chi connectivity index (χ2v) is 8.52. The predicted molar refractivity (Wildman–Crippen MR) is 131 cm³/mol. The van der Waals surface area contributed by atoms with E-state index in [2.05, 4.69) is 20.5 Å². The first kappa shape index (κ1) is 24.2. The van der Waals surface area contributed by atoms with E-state index in [0.29, 0.717) is 28.1 Å². The van der Waals surface area contributed by atoms with E-state index in [-0.39, 0.29) is 24.2 Å². The van der Waals surface area contributed by atoms with Crippen molar-refractivity contribution in [3.8, 4) is 0 Å². The molecule has 1 fully saturated rings. The standard InChI is InChI=1S/C24H27ClN4O2.ClH/c25-18-10-11-22(26-16-18)28-24(31)20-8-4-5-9-21(20)27-23(30)17-12-14-29(15-13-17)19-6-2-1-3-7-19;/h4-5,8-12,16,19H,1-3,6-7,13-15H2,(H,27,30)(H,26,28,31);1H. The largest absolute Gasteiger partial charge is 0.322 e. The lowest BCUT2D eigenvalue weighted by Crippen LogP contribution is -2.40. The van der Waals surface area contributed by atoms with Crippen molar-refractivity contribution in [3.63, 3.8) is 0 Å². The number of hydrogen-bond acceptors (Lipinski definition) is 4. The fourth-order valence-corrected chi connectivity index (χ4v) is 4.41. The van der Waals surface area contributed by atoms with Crippen molar-refractivity contribution < 1.29 is 9.59 Å². The van der Waals surface area contributed by atoms with Gasteiger partial charge in [-0.3, -0.25) is 14.5 Å². The Morgan fingerprint density at radius 3 is 2.47 bits per heavy atom. The van der Waals surface area contributed by atoms with Crippen LogP contribution in [0, 0.1) is 0 Å².